The molecule has 1 unspecified atom stereocenters. The summed E-state index contributed by atoms with van der Waals surface area (Å²) in [7, 11) is 0. The molecule has 0 fully saturated rings. The van der Waals surface area contributed by atoms with Crippen molar-refractivity contribution in [2.24, 2.45) is 0 Å². The Kier molecular flexibility index (Phi) is 5.40. The molecular weight excluding hydrogens is 212 g/mol. The number of aryl methyl sites for hydroxylation is 1. The first-order chi connectivity index (χ1) is 8.17. The van der Waals surface area contributed by atoms with Crippen LogP contribution in [0.5, 0.6) is 0 Å². The summed E-state index contributed by atoms with van der Waals surface area (Å²) in [6.45, 7) is 5.91. The van der Waals surface area contributed by atoms with Crippen molar-refractivity contribution in [2.75, 3.05) is 0 Å². The van der Waals surface area contributed by atoms with Crippen LogP contribution in [0.3, 0.4) is 0 Å². The maximum absolute atomic E-state index is 11.6. The number of rotatable bonds is 5. The monoisotopic (exact) mass is 232 g/mol. The predicted molar refractivity (Wildman–Crippen MR) is 69.6 cm³/mol. The van der Waals surface area contributed by atoms with Crippen molar-refractivity contribution in [3.63, 3.8) is 0 Å². The number of pyridine rings is 1. The number of carbonyl (C=O) groups excluding carboxylic acids is 1. The van der Waals surface area contributed by atoms with Gasteiger partial charge in [0, 0.05) is 12.1 Å². The van der Waals surface area contributed by atoms with Crippen molar-refractivity contribution in [2.45, 2.75) is 39.7 Å². The number of carbonyl (C=O) groups is 1. The number of amides is 1. The smallest absolute Gasteiger partial charge is 0.224 e. The molecule has 0 aliphatic heterocycles. The van der Waals surface area contributed by atoms with Crippen molar-refractivity contribution in [3.8, 4) is 0 Å². The van der Waals surface area contributed by atoms with Crippen LogP contribution in [-0.2, 0) is 4.79 Å². The summed E-state index contributed by atoms with van der Waals surface area (Å²) in [5.41, 5.74) is 1.91. The van der Waals surface area contributed by atoms with Gasteiger partial charge in [-0.15, -0.1) is 0 Å². The van der Waals surface area contributed by atoms with Crippen LogP contribution in [0.25, 0.3) is 0 Å². The third-order valence-corrected chi connectivity index (χ3v) is 2.55. The van der Waals surface area contributed by atoms with E-state index in [9.17, 15) is 4.79 Å². The van der Waals surface area contributed by atoms with Crippen LogP contribution < -0.4 is 5.32 Å². The van der Waals surface area contributed by atoms with Gasteiger partial charge in [-0.3, -0.25) is 9.78 Å². The molecule has 1 rings (SSSR count). The maximum atomic E-state index is 11.6. The Morgan fingerprint density at radius 3 is 2.88 bits per heavy atom. The summed E-state index contributed by atoms with van der Waals surface area (Å²) < 4.78 is 0. The zero-order valence-corrected chi connectivity index (χ0v) is 10.7. The first-order valence-electron chi connectivity index (χ1n) is 6.01. The average molecular weight is 232 g/mol. The number of aromatic nitrogens is 1. The Morgan fingerprint density at radius 1 is 1.53 bits per heavy atom. The van der Waals surface area contributed by atoms with Gasteiger partial charge in [-0.2, -0.15) is 0 Å². The van der Waals surface area contributed by atoms with Crippen LogP contribution in [-0.4, -0.2) is 10.9 Å². The second kappa shape index (κ2) is 6.84. The normalized spacial score (nSPS) is 12.6. The summed E-state index contributed by atoms with van der Waals surface area (Å²) in [4.78, 5) is 16.1. The van der Waals surface area contributed by atoms with Crippen LogP contribution in [0.4, 0.5) is 0 Å². The molecule has 1 atom stereocenters. The fraction of sp³-hybridized carbons (Fsp3) is 0.429. The number of hydrogen-bond donors (Lipinski definition) is 1. The van der Waals surface area contributed by atoms with Gasteiger partial charge in [-0.1, -0.05) is 25.1 Å². The van der Waals surface area contributed by atoms with Gasteiger partial charge < -0.3 is 5.32 Å². The molecule has 3 heteroatoms. The van der Waals surface area contributed by atoms with Gasteiger partial charge >= 0.3 is 0 Å². The molecule has 0 radical (unpaired) electrons. The minimum absolute atomic E-state index is 0.00709. The first kappa shape index (κ1) is 13.4. The number of nitrogens with one attached hydrogen (secondary N) is 1. The lowest BCUT2D eigenvalue weighted by molar-refractivity contribution is -0.121. The lowest BCUT2D eigenvalue weighted by Gasteiger charge is -2.16. The van der Waals surface area contributed by atoms with E-state index in [1.54, 1.807) is 0 Å². The van der Waals surface area contributed by atoms with E-state index in [2.05, 4.69) is 10.3 Å². The lowest BCUT2D eigenvalue weighted by atomic mass is 10.1. The third kappa shape index (κ3) is 4.39. The Labute approximate surface area is 103 Å². The van der Waals surface area contributed by atoms with Gasteiger partial charge in [0.15, 0.2) is 0 Å². The van der Waals surface area contributed by atoms with E-state index in [-0.39, 0.29) is 11.9 Å². The SMILES string of the molecule is CC=CCC(=O)NC(CC)c1cccc(C)n1. The zero-order chi connectivity index (χ0) is 12.7. The van der Waals surface area contributed by atoms with E-state index >= 15 is 0 Å². The Hall–Kier alpha value is -1.64. The van der Waals surface area contributed by atoms with Crippen LogP contribution in [0.15, 0.2) is 30.4 Å². The van der Waals surface area contributed by atoms with Crippen LogP contribution in [0.2, 0.25) is 0 Å². The first-order valence-corrected chi connectivity index (χ1v) is 6.01. The second-order valence-electron chi connectivity index (χ2n) is 4.01. The van der Waals surface area contributed by atoms with E-state index < -0.39 is 0 Å². The molecule has 0 spiro atoms. The largest absolute Gasteiger partial charge is 0.347 e. The van der Waals surface area contributed by atoms with Crippen molar-refractivity contribution < 1.29 is 4.79 Å². The topological polar surface area (TPSA) is 42.0 Å². The molecule has 0 saturated heterocycles. The molecular formula is C14H20N2O. The highest BCUT2D eigenvalue weighted by Gasteiger charge is 2.12. The number of hydrogen-bond acceptors (Lipinski definition) is 2. The Morgan fingerprint density at radius 2 is 2.29 bits per heavy atom. The summed E-state index contributed by atoms with van der Waals surface area (Å²) in [5.74, 6) is 0.0401. The summed E-state index contributed by atoms with van der Waals surface area (Å²) in [5, 5.41) is 2.99. The van der Waals surface area contributed by atoms with Gasteiger partial charge in [0.2, 0.25) is 5.91 Å². The summed E-state index contributed by atoms with van der Waals surface area (Å²) in [6.07, 6.45) is 5.01. The van der Waals surface area contributed by atoms with Crippen LogP contribution >= 0.6 is 0 Å². The lowest BCUT2D eigenvalue weighted by Crippen LogP contribution is -2.28. The molecule has 17 heavy (non-hydrogen) atoms. The highest BCUT2D eigenvalue weighted by atomic mass is 16.1. The second-order valence-corrected chi connectivity index (χ2v) is 4.01. The van der Waals surface area contributed by atoms with Crippen molar-refractivity contribution in [1.82, 2.24) is 10.3 Å². The van der Waals surface area contributed by atoms with E-state index in [4.69, 9.17) is 0 Å². The number of allylic oxidation sites excluding steroid dienone is 1. The molecule has 0 bridgehead atoms. The third-order valence-electron chi connectivity index (χ3n) is 2.55. The number of nitrogens with zero attached hydrogens (tertiary/aromatic N) is 1. The zero-order valence-electron chi connectivity index (χ0n) is 10.7. The van der Waals surface area contributed by atoms with E-state index in [0.29, 0.717) is 6.42 Å². The van der Waals surface area contributed by atoms with Gasteiger partial charge in [0.05, 0.1) is 11.7 Å². The highest BCUT2D eigenvalue weighted by Crippen LogP contribution is 2.14. The molecule has 1 N–H and O–H groups in total. The Bertz CT molecular complexity index is 399. The predicted octanol–water partition coefficient (Wildman–Crippen LogP) is 2.92. The molecule has 1 aromatic heterocycles. The molecule has 1 heterocycles. The van der Waals surface area contributed by atoms with Crippen LogP contribution in [0.1, 0.15) is 44.1 Å². The minimum Gasteiger partial charge on any atom is -0.347 e. The van der Waals surface area contributed by atoms with E-state index in [1.165, 1.54) is 0 Å². The van der Waals surface area contributed by atoms with Crippen molar-refractivity contribution in [3.05, 3.63) is 41.7 Å². The average Bonchev–Trinajstić information content (AvgIpc) is 2.33. The molecule has 1 amide bonds. The molecule has 0 aromatic carbocycles. The van der Waals surface area contributed by atoms with Gasteiger partial charge in [-0.25, -0.2) is 0 Å². The fourth-order valence-electron chi connectivity index (χ4n) is 1.62. The van der Waals surface area contributed by atoms with Gasteiger partial charge in [-0.05, 0) is 32.4 Å². The van der Waals surface area contributed by atoms with Crippen molar-refractivity contribution in [1.29, 1.82) is 0 Å². The maximum Gasteiger partial charge on any atom is 0.224 e. The fourth-order valence-corrected chi connectivity index (χ4v) is 1.62. The Balaban J connectivity index is 2.68. The van der Waals surface area contributed by atoms with Gasteiger partial charge in [0.1, 0.15) is 0 Å². The molecule has 3 nitrogen and oxygen atoms in total. The molecule has 92 valence electrons. The van der Waals surface area contributed by atoms with E-state index in [0.717, 1.165) is 17.8 Å². The summed E-state index contributed by atoms with van der Waals surface area (Å²) >= 11 is 0. The van der Waals surface area contributed by atoms with Crippen molar-refractivity contribution >= 4 is 5.91 Å². The quantitative estimate of drug-likeness (QED) is 0.793. The standard InChI is InChI=1S/C14H20N2O/c1-4-6-10-14(17)16-12(5-2)13-9-7-8-11(3)15-13/h4,6-9,12H,5,10H2,1-3H3,(H,16,17). The molecule has 0 aliphatic rings. The van der Waals surface area contributed by atoms with Gasteiger partial charge in [0.25, 0.3) is 0 Å². The van der Waals surface area contributed by atoms with E-state index in [1.807, 2.05) is 51.1 Å². The minimum atomic E-state index is 0.00709. The molecule has 0 saturated carbocycles. The molecule has 0 aliphatic carbocycles. The molecule has 1 aromatic rings. The summed E-state index contributed by atoms with van der Waals surface area (Å²) in [6, 6.07) is 5.89. The highest BCUT2D eigenvalue weighted by molar-refractivity contribution is 5.77. The van der Waals surface area contributed by atoms with Crippen LogP contribution in [0, 0.1) is 6.92 Å².